The Balaban J connectivity index is 1.42. The fraction of sp³-hybridized carbons (Fsp3) is 0.333. The van der Waals surface area contributed by atoms with E-state index in [1.165, 1.54) is 18.2 Å². The van der Waals surface area contributed by atoms with Gasteiger partial charge in [-0.2, -0.15) is 5.10 Å². The molecule has 160 valence electrons. The Labute approximate surface area is 179 Å². The Morgan fingerprint density at radius 2 is 1.68 bits per heavy atom. The van der Waals surface area contributed by atoms with Gasteiger partial charge in [-0.1, -0.05) is 6.07 Å². The van der Waals surface area contributed by atoms with Crippen molar-refractivity contribution in [3.05, 3.63) is 69.0 Å². The summed E-state index contributed by atoms with van der Waals surface area (Å²) in [5.41, 5.74) is 3.38. The smallest absolute Gasteiger partial charge is 0.270 e. The van der Waals surface area contributed by atoms with Crippen molar-refractivity contribution >= 4 is 17.4 Å². The first-order valence-corrected chi connectivity index (χ1v) is 10.0. The molecule has 0 atom stereocenters. The maximum Gasteiger partial charge on any atom is 0.270 e. The first-order chi connectivity index (χ1) is 14.8. The van der Waals surface area contributed by atoms with Gasteiger partial charge in [-0.05, 0) is 44.5 Å². The normalized spacial score (nSPS) is 14.0. The summed E-state index contributed by atoms with van der Waals surface area (Å²) in [6, 6.07) is 9.63. The third-order valence-electron chi connectivity index (χ3n) is 5.70. The van der Waals surface area contributed by atoms with Crippen molar-refractivity contribution < 1.29 is 9.72 Å². The van der Waals surface area contributed by atoms with Crippen molar-refractivity contribution in [2.75, 3.05) is 31.1 Å². The summed E-state index contributed by atoms with van der Waals surface area (Å²) in [5, 5.41) is 24.2. The highest BCUT2D eigenvalue weighted by Crippen LogP contribution is 2.19. The number of hydrogen-bond acceptors (Lipinski definition) is 7. The predicted octanol–water partition coefficient (Wildman–Crippen LogP) is 2.46. The van der Waals surface area contributed by atoms with E-state index in [4.69, 9.17) is 0 Å². The average Bonchev–Trinajstić information content (AvgIpc) is 3.06. The maximum absolute atomic E-state index is 12.7. The Kier molecular flexibility index (Phi) is 5.37. The van der Waals surface area contributed by atoms with Crippen LogP contribution in [0, 0.1) is 30.9 Å². The summed E-state index contributed by atoms with van der Waals surface area (Å²) in [5.74, 6) is 1.20. The molecule has 3 heterocycles. The standard InChI is InChI=1S/C21H23N7O3/c1-14-15(2)24-27(16(14)3)20-8-7-19(22-23-20)25-9-11-26(12-10-25)21(29)17-5-4-6-18(13-17)28(30)31/h4-8,13H,9-12H2,1-3H3. The molecule has 1 saturated heterocycles. The number of amides is 1. The molecule has 4 rings (SSSR count). The minimum Gasteiger partial charge on any atom is -0.352 e. The van der Waals surface area contributed by atoms with E-state index in [2.05, 4.69) is 20.2 Å². The van der Waals surface area contributed by atoms with Gasteiger partial charge in [0.15, 0.2) is 11.6 Å². The Hall–Kier alpha value is -3.82. The third-order valence-corrected chi connectivity index (χ3v) is 5.70. The van der Waals surface area contributed by atoms with E-state index in [1.807, 2.05) is 32.9 Å². The van der Waals surface area contributed by atoms with E-state index in [0.717, 1.165) is 22.8 Å². The molecule has 1 fully saturated rings. The molecule has 10 heteroatoms. The van der Waals surface area contributed by atoms with Crippen molar-refractivity contribution in [2.24, 2.45) is 0 Å². The molecule has 0 bridgehead atoms. The quantitative estimate of drug-likeness (QED) is 0.470. The molecular weight excluding hydrogens is 398 g/mol. The number of nitrogens with zero attached hydrogens (tertiary/aromatic N) is 7. The summed E-state index contributed by atoms with van der Waals surface area (Å²) < 4.78 is 1.79. The first-order valence-electron chi connectivity index (χ1n) is 10.0. The topological polar surface area (TPSA) is 110 Å². The van der Waals surface area contributed by atoms with E-state index in [0.29, 0.717) is 37.6 Å². The molecule has 0 unspecified atom stereocenters. The predicted molar refractivity (Wildman–Crippen MR) is 115 cm³/mol. The van der Waals surface area contributed by atoms with Crippen LogP contribution in [0.25, 0.3) is 5.82 Å². The van der Waals surface area contributed by atoms with Crippen LogP contribution in [0.1, 0.15) is 27.3 Å². The zero-order chi connectivity index (χ0) is 22.1. The molecule has 1 aromatic carbocycles. The molecule has 3 aromatic rings. The lowest BCUT2D eigenvalue weighted by Crippen LogP contribution is -2.49. The number of piperazine rings is 1. The van der Waals surface area contributed by atoms with Crippen LogP contribution in [-0.2, 0) is 0 Å². The zero-order valence-corrected chi connectivity index (χ0v) is 17.6. The van der Waals surface area contributed by atoms with Gasteiger partial charge in [0.2, 0.25) is 0 Å². The highest BCUT2D eigenvalue weighted by Gasteiger charge is 2.24. The summed E-state index contributed by atoms with van der Waals surface area (Å²) in [7, 11) is 0. The van der Waals surface area contributed by atoms with Gasteiger partial charge in [0.25, 0.3) is 11.6 Å². The number of anilines is 1. The maximum atomic E-state index is 12.7. The first kappa shape index (κ1) is 20.5. The van der Waals surface area contributed by atoms with Crippen molar-refractivity contribution in [3.63, 3.8) is 0 Å². The van der Waals surface area contributed by atoms with Crippen LogP contribution in [0.4, 0.5) is 11.5 Å². The molecule has 0 aliphatic carbocycles. The van der Waals surface area contributed by atoms with E-state index in [9.17, 15) is 14.9 Å². The van der Waals surface area contributed by atoms with Gasteiger partial charge in [-0.3, -0.25) is 14.9 Å². The highest BCUT2D eigenvalue weighted by molar-refractivity contribution is 5.95. The molecule has 10 nitrogen and oxygen atoms in total. The van der Waals surface area contributed by atoms with E-state index in [-0.39, 0.29) is 11.6 Å². The van der Waals surface area contributed by atoms with Crippen molar-refractivity contribution in [2.45, 2.75) is 20.8 Å². The SMILES string of the molecule is Cc1nn(-c2ccc(N3CCN(C(=O)c4cccc([N+](=O)[O-])c4)CC3)nn2)c(C)c1C. The van der Waals surface area contributed by atoms with Gasteiger partial charge in [-0.25, -0.2) is 4.68 Å². The Bertz CT molecular complexity index is 1130. The molecular formula is C21H23N7O3. The molecule has 31 heavy (non-hydrogen) atoms. The van der Waals surface area contributed by atoms with Crippen molar-refractivity contribution in [1.29, 1.82) is 0 Å². The van der Waals surface area contributed by atoms with Crippen LogP contribution >= 0.6 is 0 Å². The molecule has 2 aromatic heterocycles. The number of aromatic nitrogens is 4. The molecule has 1 amide bonds. The van der Waals surface area contributed by atoms with E-state index in [1.54, 1.807) is 15.6 Å². The number of nitro benzene ring substituents is 1. The van der Waals surface area contributed by atoms with Gasteiger partial charge in [-0.15, -0.1) is 10.2 Å². The number of carbonyl (C=O) groups is 1. The van der Waals surface area contributed by atoms with E-state index < -0.39 is 4.92 Å². The summed E-state index contributed by atoms with van der Waals surface area (Å²) in [6.45, 7) is 8.21. The Morgan fingerprint density at radius 1 is 1.00 bits per heavy atom. The molecule has 0 N–H and O–H groups in total. The van der Waals surface area contributed by atoms with Gasteiger partial charge in [0.1, 0.15) is 0 Å². The fourth-order valence-corrected chi connectivity index (χ4v) is 3.62. The van der Waals surface area contributed by atoms with Crippen LogP contribution in [0.15, 0.2) is 36.4 Å². The number of nitro groups is 1. The minimum absolute atomic E-state index is 0.0855. The lowest BCUT2D eigenvalue weighted by molar-refractivity contribution is -0.384. The number of non-ortho nitro benzene ring substituents is 1. The summed E-state index contributed by atoms with van der Waals surface area (Å²) in [6.07, 6.45) is 0. The van der Waals surface area contributed by atoms with Gasteiger partial charge in [0.05, 0.1) is 10.6 Å². The number of rotatable bonds is 4. The molecule has 1 aliphatic rings. The third kappa shape index (κ3) is 3.96. The van der Waals surface area contributed by atoms with Crippen LogP contribution in [0.2, 0.25) is 0 Å². The van der Waals surface area contributed by atoms with Crippen molar-refractivity contribution in [1.82, 2.24) is 24.9 Å². The molecule has 1 aliphatic heterocycles. The van der Waals surface area contributed by atoms with Crippen LogP contribution in [-0.4, -0.2) is 61.9 Å². The average molecular weight is 421 g/mol. The summed E-state index contributed by atoms with van der Waals surface area (Å²) >= 11 is 0. The van der Waals surface area contributed by atoms with Crippen LogP contribution in [0.5, 0.6) is 0 Å². The van der Waals surface area contributed by atoms with Crippen molar-refractivity contribution in [3.8, 4) is 5.82 Å². The number of aryl methyl sites for hydroxylation is 1. The van der Waals surface area contributed by atoms with Crippen LogP contribution < -0.4 is 4.90 Å². The van der Waals surface area contributed by atoms with E-state index >= 15 is 0 Å². The summed E-state index contributed by atoms with van der Waals surface area (Å²) in [4.78, 5) is 27.0. The minimum atomic E-state index is -0.496. The lowest BCUT2D eigenvalue weighted by Gasteiger charge is -2.35. The van der Waals surface area contributed by atoms with Crippen LogP contribution in [0.3, 0.4) is 0 Å². The molecule has 0 spiro atoms. The highest BCUT2D eigenvalue weighted by atomic mass is 16.6. The van der Waals surface area contributed by atoms with Gasteiger partial charge < -0.3 is 9.80 Å². The molecule has 0 saturated carbocycles. The Morgan fingerprint density at radius 3 is 2.26 bits per heavy atom. The second kappa shape index (κ2) is 8.13. The fourth-order valence-electron chi connectivity index (χ4n) is 3.62. The second-order valence-electron chi connectivity index (χ2n) is 7.54. The number of benzene rings is 1. The zero-order valence-electron chi connectivity index (χ0n) is 17.6. The number of hydrogen-bond donors (Lipinski definition) is 0. The van der Waals surface area contributed by atoms with Gasteiger partial charge >= 0.3 is 0 Å². The largest absolute Gasteiger partial charge is 0.352 e. The monoisotopic (exact) mass is 421 g/mol. The number of carbonyl (C=O) groups excluding carboxylic acids is 1. The lowest BCUT2D eigenvalue weighted by atomic mass is 10.1. The molecule has 0 radical (unpaired) electrons. The van der Waals surface area contributed by atoms with Gasteiger partial charge in [0, 0.05) is 49.6 Å². The second-order valence-corrected chi connectivity index (χ2v) is 7.54.